The van der Waals surface area contributed by atoms with Crippen molar-refractivity contribution in [2.45, 2.75) is 19.3 Å². The van der Waals surface area contributed by atoms with Crippen molar-refractivity contribution in [2.75, 3.05) is 23.0 Å². The molecule has 1 aliphatic rings. The molecular weight excluding hydrogens is 186 g/mol. The van der Waals surface area contributed by atoms with Crippen LogP contribution in [0.2, 0.25) is 0 Å². The molecule has 12 heavy (non-hydrogen) atoms. The van der Waals surface area contributed by atoms with Crippen LogP contribution in [0.4, 0.5) is 0 Å². The first kappa shape index (κ1) is 10.3. The van der Waals surface area contributed by atoms with Crippen LogP contribution in [0.15, 0.2) is 0 Å². The van der Waals surface area contributed by atoms with Gasteiger partial charge in [-0.05, 0) is 42.4 Å². The van der Waals surface area contributed by atoms with Crippen LogP contribution in [0.5, 0.6) is 0 Å². The van der Waals surface area contributed by atoms with Gasteiger partial charge in [0.1, 0.15) is 0 Å². The summed E-state index contributed by atoms with van der Waals surface area (Å²) in [6, 6.07) is 2.14. The highest BCUT2D eigenvalue weighted by Crippen LogP contribution is 2.32. The smallest absolute Gasteiger partial charge is 0.0808 e. The zero-order valence-corrected chi connectivity index (χ0v) is 8.92. The molecule has 0 aromatic carbocycles. The van der Waals surface area contributed by atoms with Gasteiger partial charge in [-0.2, -0.15) is 17.0 Å². The molecule has 68 valence electrons. The first-order valence-corrected chi connectivity index (χ1v) is 6.77. The lowest BCUT2D eigenvalue weighted by molar-refractivity contribution is 0.995. The first-order valence-electron chi connectivity index (χ1n) is 4.46. The summed E-state index contributed by atoms with van der Waals surface area (Å²) in [7, 11) is 0. The summed E-state index contributed by atoms with van der Waals surface area (Å²) in [6.45, 7) is 0. The highest BCUT2D eigenvalue weighted by atomic mass is 32.2. The number of hydrogen-bond acceptors (Lipinski definition) is 3. The van der Waals surface area contributed by atoms with E-state index in [1.165, 1.54) is 30.8 Å². The zero-order chi connectivity index (χ0) is 8.65. The van der Waals surface area contributed by atoms with Gasteiger partial charge >= 0.3 is 0 Å². The molecule has 0 bridgehead atoms. The molecule has 0 atom stereocenters. The average molecular weight is 201 g/mol. The summed E-state index contributed by atoms with van der Waals surface area (Å²) in [5.74, 6) is 5.54. The van der Waals surface area contributed by atoms with Crippen LogP contribution >= 0.6 is 23.5 Å². The quantitative estimate of drug-likeness (QED) is 0.592. The summed E-state index contributed by atoms with van der Waals surface area (Å²) >= 11 is 3.84. The van der Waals surface area contributed by atoms with E-state index in [-0.39, 0.29) is 0 Å². The van der Waals surface area contributed by atoms with E-state index in [1.807, 2.05) is 0 Å². The third-order valence-electron chi connectivity index (χ3n) is 1.79. The summed E-state index contributed by atoms with van der Waals surface area (Å²) in [6.07, 6.45) is 4.20. The SMILES string of the molecule is N#CCSCCCSCC1CC1. The van der Waals surface area contributed by atoms with E-state index in [4.69, 9.17) is 5.26 Å². The van der Waals surface area contributed by atoms with Crippen LogP contribution in [0.3, 0.4) is 0 Å². The molecule has 0 spiro atoms. The Kier molecular flexibility index (Phi) is 5.72. The second-order valence-electron chi connectivity index (χ2n) is 3.08. The Morgan fingerprint density at radius 1 is 1.25 bits per heavy atom. The van der Waals surface area contributed by atoms with Crippen LogP contribution in [-0.4, -0.2) is 23.0 Å². The third kappa shape index (κ3) is 5.79. The van der Waals surface area contributed by atoms with Gasteiger partial charge in [0.25, 0.3) is 0 Å². The Balaban J connectivity index is 1.68. The van der Waals surface area contributed by atoms with Crippen molar-refractivity contribution >= 4 is 23.5 Å². The van der Waals surface area contributed by atoms with Crippen molar-refractivity contribution in [3.8, 4) is 6.07 Å². The lowest BCUT2D eigenvalue weighted by atomic mass is 10.5. The Bertz CT molecular complexity index is 149. The number of rotatable bonds is 7. The van der Waals surface area contributed by atoms with Gasteiger partial charge in [-0.15, -0.1) is 11.8 Å². The van der Waals surface area contributed by atoms with E-state index in [9.17, 15) is 0 Å². The van der Waals surface area contributed by atoms with Gasteiger partial charge in [0.05, 0.1) is 11.8 Å². The Morgan fingerprint density at radius 3 is 2.67 bits per heavy atom. The average Bonchev–Trinajstić information content (AvgIpc) is 2.87. The van der Waals surface area contributed by atoms with Gasteiger partial charge in [0, 0.05) is 0 Å². The van der Waals surface area contributed by atoms with E-state index >= 15 is 0 Å². The van der Waals surface area contributed by atoms with Gasteiger partial charge in [-0.1, -0.05) is 0 Å². The molecule has 0 N–H and O–H groups in total. The summed E-state index contributed by atoms with van der Waals surface area (Å²) in [5, 5.41) is 8.27. The monoisotopic (exact) mass is 201 g/mol. The molecule has 1 fully saturated rings. The van der Waals surface area contributed by atoms with E-state index in [1.54, 1.807) is 11.8 Å². The van der Waals surface area contributed by atoms with Crippen LogP contribution < -0.4 is 0 Å². The molecule has 0 aromatic heterocycles. The minimum atomic E-state index is 0.660. The summed E-state index contributed by atoms with van der Waals surface area (Å²) < 4.78 is 0. The van der Waals surface area contributed by atoms with Gasteiger partial charge in [-0.25, -0.2) is 0 Å². The van der Waals surface area contributed by atoms with E-state index < -0.39 is 0 Å². The molecule has 0 unspecified atom stereocenters. The van der Waals surface area contributed by atoms with E-state index in [0.29, 0.717) is 5.75 Å². The predicted molar refractivity (Wildman–Crippen MR) is 57.6 cm³/mol. The number of nitriles is 1. The molecule has 0 aromatic rings. The second-order valence-corrected chi connectivity index (χ2v) is 5.34. The predicted octanol–water partition coefficient (Wildman–Crippen LogP) is 2.78. The highest BCUT2D eigenvalue weighted by Gasteiger charge is 2.20. The maximum atomic E-state index is 8.27. The van der Waals surface area contributed by atoms with Crippen molar-refractivity contribution < 1.29 is 0 Å². The second kappa shape index (κ2) is 6.68. The molecule has 0 aliphatic heterocycles. The van der Waals surface area contributed by atoms with Gasteiger partial charge in [-0.3, -0.25) is 0 Å². The van der Waals surface area contributed by atoms with Crippen molar-refractivity contribution in [3.05, 3.63) is 0 Å². The van der Waals surface area contributed by atoms with Gasteiger partial charge in [0.15, 0.2) is 0 Å². The summed E-state index contributed by atoms with van der Waals surface area (Å²) in [4.78, 5) is 0. The van der Waals surface area contributed by atoms with Crippen LogP contribution in [0.1, 0.15) is 19.3 Å². The number of nitrogens with zero attached hydrogens (tertiary/aromatic N) is 1. The molecule has 0 radical (unpaired) electrons. The topological polar surface area (TPSA) is 23.8 Å². The fourth-order valence-corrected chi connectivity index (χ4v) is 2.86. The van der Waals surface area contributed by atoms with Crippen molar-refractivity contribution in [2.24, 2.45) is 5.92 Å². The molecule has 1 rings (SSSR count). The molecule has 1 aliphatic carbocycles. The lowest BCUT2D eigenvalue weighted by Crippen LogP contribution is -1.88. The van der Waals surface area contributed by atoms with Gasteiger partial charge in [0.2, 0.25) is 0 Å². The van der Waals surface area contributed by atoms with Crippen molar-refractivity contribution in [3.63, 3.8) is 0 Å². The normalized spacial score (nSPS) is 15.9. The fraction of sp³-hybridized carbons (Fsp3) is 0.889. The maximum absolute atomic E-state index is 8.27. The van der Waals surface area contributed by atoms with Crippen LogP contribution in [-0.2, 0) is 0 Å². The Morgan fingerprint density at radius 2 is 2.00 bits per heavy atom. The standard InChI is InChI=1S/C9H15NS2/c10-4-7-11-5-1-6-12-8-9-2-3-9/h9H,1-3,5-8H2. The molecule has 1 nitrogen and oxygen atoms in total. The maximum Gasteiger partial charge on any atom is 0.0808 e. The van der Waals surface area contributed by atoms with E-state index in [2.05, 4.69) is 17.8 Å². The van der Waals surface area contributed by atoms with Crippen LogP contribution in [0.25, 0.3) is 0 Å². The Hall–Kier alpha value is 0.190. The molecule has 0 saturated heterocycles. The lowest BCUT2D eigenvalue weighted by Gasteiger charge is -1.98. The van der Waals surface area contributed by atoms with E-state index in [0.717, 1.165) is 11.7 Å². The fourth-order valence-electron chi connectivity index (χ4n) is 0.915. The molecule has 3 heteroatoms. The minimum absolute atomic E-state index is 0.660. The van der Waals surface area contributed by atoms with Crippen molar-refractivity contribution in [1.82, 2.24) is 0 Å². The largest absolute Gasteiger partial charge is 0.197 e. The number of hydrogen-bond donors (Lipinski definition) is 0. The third-order valence-corrected chi connectivity index (χ3v) is 3.99. The molecule has 0 heterocycles. The molecular formula is C9H15NS2. The van der Waals surface area contributed by atoms with Gasteiger partial charge < -0.3 is 0 Å². The summed E-state index contributed by atoms with van der Waals surface area (Å²) in [5.41, 5.74) is 0. The highest BCUT2D eigenvalue weighted by molar-refractivity contribution is 8.00. The zero-order valence-electron chi connectivity index (χ0n) is 7.29. The van der Waals surface area contributed by atoms with Crippen LogP contribution in [0, 0.1) is 17.2 Å². The molecule has 1 saturated carbocycles. The molecule has 0 amide bonds. The first-order chi connectivity index (χ1) is 5.93. The van der Waals surface area contributed by atoms with Crippen molar-refractivity contribution in [1.29, 1.82) is 5.26 Å². The number of thioether (sulfide) groups is 2. The Labute approximate surface area is 83.3 Å². The minimum Gasteiger partial charge on any atom is -0.197 e.